The predicted octanol–water partition coefficient (Wildman–Crippen LogP) is 6.84. The number of halogens is 1. The quantitative estimate of drug-likeness (QED) is 0.380. The molecular weight excluding hydrogens is 348 g/mol. The van der Waals surface area contributed by atoms with Gasteiger partial charge in [0, 0.05) is 21.0 Å². The highest BCUT2D eigenvalue weighted by atomic mass is 79.9. The maximum atomic E-state index is 6.25. The monoisotopic (exact) mass is 362 g/mol. The summed E-state index contributed by atoms with van der Waals surface area (Å²) in [6.07, 6.45) is 0. The van der Waals surface area contributed by atoms with Crippen molar-refractivity contribution in [2.45, 2.75) is 6.92 Å². The molecule has 0 saturated heterocycles. The van der Waals surface area contributed by atoms with Crippen LogP contribution in [0.5, 0.6) is 0 Å². The Labute approximate surface area is 143 Å². The smallest absolute Gasteiger partial charge is 0.143 e. The van der Waals surface area contributed by atoms with E-state index in [9.17, 15) is 0 Å². The third-order valence-corrected chi connectivity index (χ3v) is 4.92. The molecule has 0 atom stereocenters. The van der Waals surface area contributed by atoms with Crippen molar-refractivity contribution in [1.82, 2.24) is 0 Å². The molecule has 0 bridgehead atoms. The first-order chi connectivity index (χ1) is 11.2. The minimum absolute atomic E-state index is 0.903. The summed E-state index contributed by atoms with van der Waals surface area (Å²) in [5.74, 6) is 0.921. The summed E-state index contributed by atoms with van der Waals surface area (Å²) in [7, 11) is 0. The molecule has 1 heterocycles. The summed E-state index contributed by atoms with van der Waals surface area (Å²) >= 11 is 3.60. The number of furan rings is 1. The minimum Gasteiger partial charge on any atom is -0.455 e. The molecule has 0 fully saturated rings. The van der Waals surface area contributed by atoms with Crippen LogP contribution in [-0.4, -0.2) is 0 Å². The van der Waals surface area contributed by atoms with Crippen molar-refractivity contribution in [2.24, 2.45) is 0 Å². The Balaban J connectivity index is 2.09. The molecule has 1 aromatic heterocycles. The highest BCUT2D eigenvalue weighted by Crippen LogP contribution is 2.42. The first kappa shape index (κ1) is 14.3. The third kappa shape index (κ3) is 2.49. The van der Waals surface area contributed by atoms with E-state index in [1.807, 2.05) is 24.3 Å². The van der Waals surface area contributed by atoms with E-state index in [4.69, 9.17) is 4.42 Å². The van der Waals surface area contributed by atoms with Gasteiger partial charge in [-0.25, -0.2) is 0 Å². The van der Waals surface area contributed by atoms with Gasteiger partial charge in [-0.05, 0) is 30.2 Å². The molecule has 0 amide bonds. The fraction of sp³-hybridized carbons (Fsp3) is 0.0476. The summed E-state index contributed by atoms with van der Waals surface area (Å²) in [6.45, 7) is 2.10. The summed E-state index contributed by atoms with van der Waals surface area (Å²) in [5.41, 5.74) is 5.53. The van der Waals surface area contributed by atoms with Gasteiger partial charge >= 0.3 is 0 Å². The van der Waals surface area contributed by atoms with Crippen LogP contribution in [0, 0.1) is 6.92 Å². The van der Waals surface area contributed by atoms with Crippen LogP contribution < -0.4 is 0 Å². The molecule has 0 saturated carbocycles. The largest absolute Gasteiger partial charge is 0.455 e. The van der Waals surface area contributed by atoms with Crippen LogP contribution in [-0.2, 0) is 0 Å². The lowest BCUT2D eigenvalue weighted by Crippen LogP contribution is -1.81. The predicted molar refractivity (Wildman–Crippen MR) is 99.5 cm³/mol. The van der Waals surface area contributed by atoms with Crippen LogP contribution in [0.15, 0.2) is 81.7 Å². The number of rotatable bonds is 2. The van der Waals surface area contributed by atoms with Crippen molar-refractivity contribution in [3.8, 4) is 22.5 Å². The molecule has 0 unspecified atom stereocenters. The molecular formula is C21H15BrO. The fourth-order valence-electron chi connectivity index (χ4n) is 2.91. The Hall–Kier alpha value is -2.32. The van der Waals surface area contributed by atoms with Gasteiger partial charge < -0.3 is 4.42 Å². The maximum Gasteiger partial charge on any atom is 0.143 e. The van der Waals surface area contributed by atoms with Crippen molar-refractivity contribution < 1.29 is 4.42 Å². The summed E-state index contributed by atoms with van der Waals surface area (Å²) in [4.78, 5) is 0. The van der Waals surface area contributed by atoms with E-state index in [0.717, 1.165) is 32.3 Å². The highest BCUT2D eigenvalue weighted by molar-refractivity contribution is 9.10. The Kier molecular flexibility index (Phi) is 3.55. The molecule has 112 valence electrons. The molecule has 0 aliphatic carbocycles. The molecule has 0 radical (unpaired) electrons. The zero-order valence-corrected chi connectivity index (χ0v) is 14.3. The van der Waals surface area contributed by atoms with Gasteiger partial charge in [0.15, 0.2) is 0 Å². The molecule has 3 aromatic carbocycles. The molecule has 1 nitrogen and oxygen atoms in total. The lowest BCUT2D eigenvalue weighted by Gasteiger charge is -2.04. The van der Waals surface area contributed by atoms with Crippen LogP contribution in [0.25, 0.3) is 33.4 Å². The molecule has 4 rings (SSSR count). The van der Waals surface area contributed by atoms with Crippen LogP contribution in [0.1, 0.15) is 5.56 Å². The number of aryl methyl sites for hydroxylation is 1. The van der Waals surface area contributed by atoms with Gasteiger partial charge in [0.25, 0.3) is 0 Å². The van der Waals surface area contributed by atoms with E-state index in [1.165, 1.54) is 11.1 Å². The van der Waals surface area contributed by atoms with E-state index >= 15 is 0 Å². The number of benzene rings is 3. The summed E-state index contributed by atoms with van der Waals surface area (Å²) < 4.78 is 7.31. The number of fused-ring (bicyclic) bond motifs is 1. The van der Waals surface area contributed by atoms with E-state index in [1.54, 1.807) is 0 Å². The lowest BCUT2D eigenvalue weighted by atomic mass is 9.98. The van der Waals surface area contributed by atoms with Crippen LogP contribution in [0.3, 0.4) is 0 Å². The standard InChI is InChI=1S/C21H15BrO/c1-14-12-17-19(13-18(14)22)23-21(16-10-6-3-7-11-16)20(17)15-8-4-2-5-9-15/h2-13H,1H3. The first-order valence-electron chi connectivity index (χ1n) is 7.57. The third-order valence-electron chi connectivity index (χ3n) is 4.07. The summed E-state index contributed by atoms with van der Waals surface area (Å²) in [5, 5.41) is 1.15. The van der Waals surface area contributed by atoms with Gasteiger partial charge in [0.2, 0.25) is 0 Å². The van der Waals surface area contributed by atoms with Gasteiger partial charge in [-0.15, -0.1) is 0 Å². The Morgan fingerprint density at radius 3 is 2.04 bits per heavy atom. The van der Waals surface area contributed by atoms with Gasteiger partial charge in [0.05, 0.1) is 0 Å². The van der Waals surface area contributed by atoms with Gasteiger partial charge in [-0.3, -0.25) is 0 Å². The molecule has 0 N–H and O–H groups in total. The highest BCUT2D eigenvalue weighted by Gasteiger charge is 2.18. The van der Waals surface area contributed by atoms with Crippen molar-refractivity contribution in [3.63, 3.8) is 0 Å². The Morgan fingerprint density at radius 2 is 1.39 bits per heavy atom. The second-order valence-electron chi connectivity index (χ2n) is 5.64. The van der Waals surface area contributed by atoms with E-state index in [0.29, 0.717) is 0 Å². The number of hydrogen-bond donors (Lipinski definition) is 0. The fourth-order valence-corrected chi connectivity index (χ4v) is 3.23. The second-order valence-corrected chi connectivity index (χ2v) is 6.49. The molecule has 2 heteroatoms. The normalized spacial score (nSPS) is 11.0. The van der Waals surface area contributed by atoms with Crippen molar-refractivity contribution in [1.29, 1.82) is 0 Å². The second kappa shape index (κ2) is 5.71. The zero-order valence-electron chi connectivity index (χ0n) is 12.7. The van der Waals surface area contributed by atoms with Crippen molar-refractivity contribution >= 4 is 26.9 Å². The van der Waals surface area contributed by atoms with E-state index < -0.39 is 0 Å². The average Bonchev–Trinajstić information content (AvgIpc) is 2.95. The molecule has 23 heavy (non-hydrogen) atoms. The van der Waals surface area contributed by atoms with Crippen molar-refractivity contribution in [2.75, 3.05) is 0 Å². The van der Waals surface area contributed by atoms with E-state index in [2.05, 4.69) is 71.4 Å². The van der Waals surface area contributed by atoms with Crippen LogP contribution in [0.2, 0.25) is 0 Å². The van der Waals surface area contributed by atoms with Gasteiger partial charge in [-0.2, -0.15) is 0 Å². The summed E-state index contributed by atoms with van der Waals surface area (Å²) in [6, 6.07) is 25.0. The molecule has 0 aliphatic rings. The topological polar surface area (TPSA) is 13.1 Å². The molecule has 4 aromatic rings. The van der Waals surface area contributed by atoms with Crippen LogP contribution in [0.4, 0.5) is 0 Å². The van der Waals surface area contributed by atoms with E-state index in [-0.39, 0.29) is 0 Å². The lowest BCUT2D eigenvalue weighted by molar-refractivity contribution is 0.632. The maximum absolute atomic E-state index is 6.25. The Bertz CT molecular complexity index is 969. The van der Waals surface area contributed by atoms with Crippen LogP contribution >= 0.6 is 15.9 Å². The zero-order chi connectivity index (χ0) is 15.8. The van der Waals surface area contributed by atoms with Crippen molar-refractivity contribution in [3.05, 3.63) is 82.8 Å². The minimum atomic E-state index is 0.903. The molecule has 0 spiro atoms. The van der Waals surface area contributed by atoms with Gasteiger partial charge in [-0.1, -0.05) is 76.6 Å². The number of hydrogen-bond acceptors (Lipinski definition) is 1. The first-order valence-corrected chi connectivity index (χ1v) is 8.37. The Morgan fingerprint density at radius 1 is 0.783 bits per heavy atom. The SMILES string of the molecule is Cc1cc2c(-c3ccccc3)c(-c3ccccc3)oc2cc1Br. The van der Waals surface area contributed by atoms with Gasteiger partial charge in [0.1, 0.15) is 11.3 Å². The average molecular weight is 363 g/mol. The molecule has 0 aliphatic heterocycles.